The molecule has 0 aliphatic carbocycles. The number of hydrogen-bond acceptors (Lipinski definition) is 3. The predicted molar refractivity (Wildman–Crippen MR) is 58.6 cm³/mol. The van der Waals surface area contributed by atoms with Crippen molar-refractivity contribution in [1.82, 2.24) is 10.2 Å². The lowest BCUT2D eigenvalue weighted by Gasteiger charge is -2.13. The van der Waals surface area contributed by atoms with Crippen LogP contribution < -0.4 is 4.90 Å². The second kappa shape index (κ2) is 3.25. The van der Waals surface area contributed by atoms with Crippen molar-refractivity contribution in [3.8, 4) is 0 Å². The molecule has 1 heterocycles. The summed E-state index contributed by atoms with van der Waals surface area (Å²) in [6, 6.07) is 8.20. The highest BCUT2D eigenvalue weighted by Crippen LogP contribution is 2.23. The second-order valence-electron chi connectivity index (χ2n) is 3.55. The number of fused-ring (bicyclic) bond motifs is 1. The molecule has 0 unspecified atom stereocenters. The number of rotatable bonds is 1. The van der Waals surface area contributed by atoms with E-state index in [-0.39, 0.29) is 0 Å². The van der Waals surface area contributed by atoms with Crippen LogP contribution in [0.15, 0.2) is 24.3 Å². The summed E-state index contributed by atoms with van der Waals surface area (Å²) in [6.07, 6.45) is 0. The molecule has 0 spiro atoms. The normalized spacial score (nSPS) is 10.5. The van der Waals surface area contributed by atoms with Gasteiger partial charge < -0.3 is 4.90 Å². The van der Waals surface area contributed by atoms with E-state index in [0.29, 0.717) is 0 Å². The molecule has 2 rings (SSSR count). The quantitative estimate of drug-likeness (QED) is 0.683. The Morgan fingerprint density at radius 1 is 1.00 bits per heavy atom. The first-order valence-electron chi connectivity index (χ1n) is 4.59. The first-order chi connectivity index (χ1) is 6.70. The van der Waals surface area contributed by atoms with Gasteiger partial charge >= 0.3 is 0 Å². The van der Waals surface area contributed by atoms with Gasteiger partial charge in [-0.05, 0) is 6.92 Å². The standard InChI is InChI=1S/C11H13N3/c1-8-9-6-4-5-7-10(9)11(13-12-8)14(2)3/h4-7H,1-3H3. The summed E-state index contributed by atoms with van der Waals surface area (Å²) in [4.78, 5) is 1.98. The molecule has 0 saturated heterocycles. The van der Waals surface area contributed by atoms with Crippen molar-refractivity contribution in [1.29, 1.82) is 0 Å². The Morgan fingerprint density at radius 3 is 2.29 bits per heavy atom. The van der Waals surface area contributed by atoms with Crippen LogP contribution in [0.5, 0.6) is 0 Å². The van der Waals surface area contributed by atoms with Gasteiger partial charge in [-0.1, -0.05) is 24.3 Å². The van der Waals surface area contributed by atoms with Crippen LogP contribution in [0, 0.1) is 6.92 Å². The van der Waals surface area contributed by atoms with Crippen molar-refractivity contribution < 1.29 is 0 Å². The van der Waals surface area contributed by atoms with Crippen molar-refractivity contribution in [2.45, 2.75) is 6.92 Å². The molecule has 3 nitrogen and oxygen atoms in total. The Bertz CT molecular complexity index is 463. The molecular formula is C11H13N3. The molecule has 72 valence electrons. The van der Waals surface area contributed by atoms with E-state index in [1.807, 2.05) is 38.1 Å². The summed E-state index contributed by atoms with van der Waals surface area (Å²) >= 11 is 0. The van der Waals surface area contributed by atoms with E-state index in [9.17, 15) is 0 Å². The third-order valence-electron chi connectivity index (χ3n) is 2.28. The Morgan fingerprint density at radius 2 is 1.64 bits per heavy atom. The van der Waals surface area contributed by atoms with Crippen LogP contribution in [-0.2, 0) is 0 Å². The third kappa shape index (κ3) is 1.31. The highest BCUT2D eigenvalue weighted by molar-refractivity contribution is 5.93. The molecule has 1 aromatic heterocycles. The van der Waals surface area contributed by atoms with Crippen LogP contribution >= 0.6 is 0 Å². The van der Waals surface area contributed by atoms with Crippen LogP contribution in [-0.4, -0.2) is 24.3 Å². The van der Waals surface area contributed by atoms with Gasteiger partial charge in [0.1, 0.15) is 0 Å². The lowest BCUT2D eigenvalue weighted by molar-refractivity contribution is 0.954. The van der Waals surface area contributed by atoms with E-state index in [0.717, 1.165) is 16.9 Å². The monoisotopic (exact) mass is 187 g/mol. The number of benzene rings is 1. The summed E-state index contributed by atoms with van der Waals surface area (Å²) in [6.45, 7) is 1.98. The minimum atomic E-state index is 0.922. The van der Waals surface area contributed by atoms with E-state index in [2.05, 4.69) is 22.3 Å². The van der Waals surface area contributed by atoms with Crippen molar-refractivity contribution >= 4 is 16.6 Å². The van der Waals surface area contributed by atoms with E-state index < -0.39 is 0 Å². The predicted octanol–water partition coefficient (Wildman–Crippen LogP) is 2.00. The summed E-state index contributed by atoms with van der Waals surface area (Å²) < 4.78 is 0. The van der Waals surface area contributed by atoms with Crippen molar-refractivity contribution in [2.24, 2.45) is 0 Å². The van der Waals surface area contributed by atoms with Gasteiger partial charge in [0, 0.05) is 24.9 Å². The number of aryl methyl sites for hydroxylation is 1. The van der Waals surface area contributed by atoms with Gasteiger partial charge in [-0.25, -0.2) is 0 Å². The molecule has 0 amide bonds. The van der Waals surface area contributed by atoms with Crippen LogP contribution in [0.1, 0.15) is 5.69 Å². The van der Waals surface area contributed by atoms with Crippen LogP contribution in [0.3, 0.4) is 0 Å². The highest BCUT2D eigenvalue weighted by Gasteiger charge is 2.06. The third-order valence-corrected chi connectivity index (χ3v) is 2.28. The molecule has 0 fully saturated rings. The molecule has 1 aromatic carbocycles. The first kappa shape index (κ1) is 8.94. The fourth-order valence-electron chi connectivity index (χ4n) is 1.55. The van der Waals surface area contributed by atoms with Crippen LogP contribution in [0.4, 0.5) is 5.82 Å². The van der Waals surface area contributed by atoms with E-state index in [1.165, 1.54) is 5.39 Å². The van der Waals surface area contributed by atoms with Crippen molar-refractivity contribution in [3.05, 3.63) is 30.0 Å². The van der Waals surface area contributed by atoms with Crippen LogP contribution in [0.25, 0.3) is 10.8 Å². The van der Waals surface area contributed by atoms with Gasteiger partial charge in [-0.2, -0.15) is 5.10 Å². The zero-order chi connectivity index (χ0) is 10.1. The summed E-state index contributed by atoms with van der Waals surface area (Å²) in [5.74, 6) is 0.922. The number of anilines is 1. The first-order valence-corrected chi connectivity index (χ1v) is 4.59. The zero-order valence-corrected chi connectivity index (χ0v) is 8.65. The fourth-order valence-corrected chi connectivity index (χ4v) is 1.55. The van der Waals surface area contributed by atoms with Crippen molar-refractivity contribution in [3.63, 3.8) is 0 Å². The van der Waals surface area contributed by atoms with E-state index in [1.54, 1.807) is 0 Å². The molecule has 0 bridgehead atoms. The van der Waals surface area contributed by atoms with E-state index >= 15 is 0 Å². The smallest absolute Gasteiger partial charge is 0.158 e. The summed E-state index contributed by atoms with van der Waals surface area (Å²) in [7, 11) is 3.96. The van der Waals surface area contributed by atoms with Crippen LogP contribution in [0.2, 0.25) is 0 Å². The highest BCUT2D eigenvalue weighted by atomic mass is 15.2. The maximum absolute atomic E-state index is 4.18. The number of hydrogen-bond donors (Lipinski definition) is 0. The number of aromatic nitrogens is 2. The topological polar surface area (TPSA) is 29.0 Å². The van der Waals surface area contributed by atoms with Gasteiger partial charge in [0.25, 0.3) is 0 Å². The molecule has 0 N–H and O–H groups in total. The second-order valence-corrected chi connectivity index (χ2v) is 3.55. The van der Waals surface area contributed by atoms with Gasteiger partial charge in [0.05, 0.1) is 5.69 Å². The molecule has 0 aliphatic heterocycles. The Kier molecular flexibility index (Phi) is 2.08. The maximum atomic E-state index is 4.18. The van der Waals surface area contributed by atoms with Crippen molar-refractivity contribution in [2.75, 3.05) is 19.0 Å². The minimum Gasteiger partial charge on any atom is -0.361 e. The summed E-state index contributed by atoms with van der Waals surface area (Å²) in [5, 5.41) is 10.6. The average Bonchev–Trinajstić information content (AvgIpc) is 2.18. The van der Waals surface area contributed by atoms with Gasteiger partial charge in [-0.3, -0.25) is 0 Å². The molecule has 0 atom stereocenters. The Labute approximate surface area is 83.4 Å². The maximum Gasteiger partial charge on any atom is 0.158 e. The lowest BCUT2D eigenvalue weighted by Crippen LogP contribution is -2.12. The van der Waals surface area contributed by atoms with Gasteiger partial charge in [0.15, 0.2) is 5.82 Å². The number of nitrogens with zero attached hydrogens (tertiary/aromatic N) is 3. The van der Waals surface area contributed by atoms with Gasteiger partial charge in [0.2, 0.25) is 0 Å². The molecule has 14 heavy (non-hydrogen) atoms. The fraction of sp³-hybridized carbons (Fsp3) is 0.273. The SMILES string of the molecule is Cc1nnc(N(C)C)c2ccccc12. The molecular weight excluding hydrogens is 174 g/mol. The molecule has 0 radical (unpaired) electrons. The zero-order valence-electron chi connectivity index (χ0n) is 8.65. The minimum absolute atomic E-state index is 0.922. The lowest BCUT2D eigenvalue weighted by atomic mass is 10.1. The Balaban J connectivity index is 2.82. The largest absolute Gasteiger partial charge is 0.361 e. The van der Waals surface area contributed by atoms with Gasteiger partial charge in [-0.15, -0.1) is 5.10 Å². The Hall–Kier alpha value is -1.64. The molecule has 3 heteroatoms. The molecule has 0 saturated carbocycles. The average molecular weight is 187 g/mol. The van der Waals surface area contributed by atoms with E-state index in [4.69, 9.17) is 0 Å². The molecule has 0 aliphatic rings. The molecule has 2 aromatic rings. The summed E-state index contributed by atoms with van der Waals surface area (Å²) in [5.41, 5.74) is 0.978.